The lowest BCUT2D eigenvalue weighted by Gasteiger charge is -2.29. The molecule has 1 N–H and O–H groups in total. The van der Waals surface area contributed by atoms with E-state index in [0.717, 1.165) is 11.1 Å². The summed E-state index contributed by atoms with van der Waals surface area (Å²) in [5.41, 5.74) is 2.10. The molecule has 4 nitrogen and oxygen atoms in total. The van der Waals surface area contributed by atoms with Gasteiger partial charge in [0.05, 0.1) is 6.42 Å². The molecular formula is C22H26ClFN2O2. The third-order valence-corrected chi connectivity index (χ3v) is 4.78. The summed E-state index contributed by atoms with van der Waals surface area (Å²) in [6, 6.07) is 11.3. The van der Waals surface area contributed by atoms with Crippen molar-refractivity contribution in [2.45, 2.75) is 52.7 Å². The Morgan fingerprint density at radius 1 is 1.14 bits per heavy atom. The molecule has 2 amide bonds. The van der Waals surface area contributed by atoms with E-state index < -0.39 is 11.9 Å². The number of halogens is 2. The molecule has 0 unspecified atom stereocenters. The van der Waals surface area contributed by atoms with Crippen molar-refractivity contribution in [3.63, 3.8) is 0 Å². The molecule has 0 spiro atoms. The molecule has 0 heterocycles. The van der Waals surface area contributed by atoms with E-state index in [1.165, 1.54) is 17.0 Å². The first kappa shape index (κ1) is 21.9. The third kappa shape index (κ3) is 5.80. The second-order valence-electron chi connectivity index (χ2n) is 7.23. The van der Waals surface area contributed by atoms with Crippen molar-refractivity contribution in [2.75, 3.05) is 0 Å². The Kier molecular flexibility index (Phi) is 7.58. The van der Waals surface area contributed by atoms with E-state index >= 15 is 0 Å². The van der Waals surface area contributed by atoms with E-state index in [0.29, 0.717) is 0 Å². The quantitative estimate of drug-likeness (QED) is 0.749. The molecule has 0 aliphatic carbocycles. The fourth-order valence-corrected chi connectivity index (χ4v) is 3.18. The third-order valence-electron chi connectivity index (χ3n) is 4.42. The second kappa shape index (κ2) is 9.69. The van der Waals surface area contributed by atoms with E-state index in [1.807, 2.05) is 45.0 Å². The Bertz CT molecular complexity index is 834. The van der Waals surface area contributed by atoms with Gasteiger partial charge in [0.15, 0.2) is 0 Å². The molecule has 0 saturated heterocycles. The van der Waals surface area contributed by atoms with E-state index in [9.17, 15) is 14.0 Å². The van der Waals surface area contributed by atoms with Crippen molar-refractivity contribution in [2.24, 2.45) is 0 Å². The van der Waals surface area contributed by atoms with E-state index in [1.54, 1.807) is 13.0 Å². The average molecular weight is 405 g/mol. The van der Waals surface area contributed by atoms with Crippen LogP contribution in [0.25, 0.3) is 0 Å². The van der Waals surface area contributed by atoms with E-state index in [4.69, 9.17) is 11.6 Å². The van der Waals surface area contributed by atoms with Crippen molar-refractivity contribution >= 4 is 23.4 Å². The molecule has 0 saturated carbocycles. The monoisotopic (exact) mass is 404 g/mol. The van der Waals surface area contributed by atoms with Gasteiger partial charge in [-0.2, -0.15) is 0 Å². The topological polar surface area (TPSA) is 49.4 Å². The lowest BCUT2D eigenvalue weighted by molar-refractivity contribution is -0.140. The summed E-state index contributed by atoms with van der Waals surface area (Å²) in [6.07, 6.45) is -0.212. The first-order valence-corrected chi connectivity index (χ1v) is 9.65. The summed E-state index contributed by atoms with van der Waals surface area (Å²) >= 11 is 6.08. The summed E-state index contributed by atoms with van der Waals surface area (Å²) in [4.78, 5) is 27.1. The molecule has 150 valence electrons. The molecule has 28 heavy (non-hydrogen) atoms. The number of nitrogens with zero attached hydrogens (tertiary/aromatic N) is 1. The minimum absolute atomic E-state index is 0.0492. The van der Waals surface area contributed by atoms with Crippen molar-refractivity contribution < 1.29 is 14.0 Å². The van der Waals surface area contributed by atoms with Crippen LogP contribution in [0.4, 0.5) is 4.39 Å². The van der Waals surface area contributed by atoms with Gasteiger partial charge in [-0.3, -0.25) is 9.59 Å². The molecule has 1 atom stereocenters. The van der Waals surface area contributed by atoms with Crippen LogP contribution in [-0.4, -0.2) is 28.8 Å². The Balaban J connectivity index is 2.30. The number of amides is 2. The lowest BCUT2D eigenvalue weighted by atomic mass is 10.1. The lowest BCUT2D eigenvalue weighted by Crippen LogP contribution is -2.49. The average Bonchev–Trinajstić information content (AvgIpc) is 2.61. The van der Waals surface area contributed by atoms with Crippen LogP contribution in [0.15, 0.2) is 42.5 Å². The van der Waals surface area contributed by atoms with Gasteiger partial charge in [0, 0.05) is 23.2 Å². The number of nitrogens with one attached hydrogen (secondary N) is 1. The predicted molar refractivity (Wildman–Crippen MR) is 110 cm³/mol. The van der Waals surface area contributed by atoms with E-state index in [2.05, 4.69) is 5.32 Å². The van der Waals surface area contributed by atoms with Crippen molar-refractivity contribution in [1.82, 2.24) is 10.2 Å². The predicted octanol–water partition coefficient (Wildman–Crippen LogP) is 4.27. The van der Waals surface area contributed by atoms with Crippen LogP contribution in [0.5, 0.6) is 0 Å². The second-order valence-corrected chi connectivity index (χ2v) is 7.63. The highest BCUT2D eigenvalue weighted by Crippen LogP contribution is 2.21. The summed E-state index contributed by atoms with van der Waals surface area (Å²) in [6.45, 7) is 7.60. The highest BCUT2D eigenvalue weighted by atomic mass is 35.5. The largest absolute Gasteiger partial charge is 0.352 e. The van der Waals surface area contributed by atoms with Gasteiger partial charge in [0.25, 0.3) is 0 Å². The number of hydrogen-bond donors (Lipinski definition) is 1. The number of rotatable bonds is 7. The van der Waals surface area contributed by atoms with Gasteiger partial charge in [0.1, 0.15) is 11.9 Å². The standard InChI is InChI=1S/C22H26ClFN2O2/c1-14(2)25-22(28)16(4)26(13-17-8-5-7-15(3)11-17)21(27)12-18-19(23)9-6-10-20(18)24/h5-11,14,16H,12-13H2,1-4H3,(H,25,28)/t16-/m0/s1. The molecule has 0 fully saturated rings. The molecule has 2 aromatic carbocycles. The Hall–Kier alpha value is -2.40. The zero-order chi connectivity index (χ0) is 20.8. The van der Waals surface area contributed by atoms with Crippen molar-refractivity contribution in [3.05, 3.63) is 70.0 Å². The molecule has 2 aromatic rings. The summed E-state index contributed by atoms with van der Waals surface area (Å²) < 4.78 is 14.2. The molecule has 2 rings (SSSR count). The molecule has 0 aromatic heterocycles. The molecule has 0 aliphatic rings. The van der Waals surface area contributed by atoms with Gasteiger partial charge in [-0.15, -0.1) is 0 Å². The first-order valence-electron chi connectivity index (χ1n) is 9.27. The van der Waals surface area contributed by atoms with Gasteiger partial charge in [0.2, 0.25) is 11.8 Å². The van der Waals surface area contributed by atoms with Crippen LogP contribution in [0.1, 0.15) is 37.5 Å². The fourth-order valence-electron chi connectivity index (χ4n) is 2.95. The van der Waals surface area contributed by atoms with Gasteiger partial charge >= 0.3 is 0 Å². The van der Waals surface area contributed by atoms with Crippen LogP contribution >= 0.6 is 11.6 Å². The van der Waals surface area contributed by atoms with Crippen LogP contribution in [0.3, 0.4) is 0 Å². The number of carbonyl (C=O) groups excluding carboxylic acids is 2. The normalized spacial score (nSPS) is 12.0. The molecular weight excluding hydrogens is 379 g/mol. The summed E-state index contributed by atoms with van der Waals surface area (Å²) in [5, 5.41) is 3.03. The number of aryl methyl sites for hydroxylation is 1. The fraction of sp³-hybridized carbons (Fsp3) is 0.364. The first-order chi connectivity index (χ1) is 13.2. The highest BCUT2D eigenvalue weighted by molar-refractivity contribution is 6.31. The Morgan fingerprint density at radius 2 is 1.82 bits per heavy atom. The van der Waals surface area contributed by atoms with E-state index in [-0.39, 0.29) is 41.4 Å². The zero-order valence-corrected chi connectivity index (χ0v) is 17.4. The molecule has 0 aliphatic heterocycles. The maximum atomic E-state index is 14.2. The van der Waals surface area contributed by atoms with Crippen LogP contribution in [0, 0.1) is 12.7 Å². The zero-order valence-electron chi connectivity index (χ0n) is 16.6. The molecule has 0 bridgehead atoms. The van der Waals surface area contributed by atoms with Gasteiger partial charge < -0.3 is 10.2 Å². The molecule has 6 heteroatoms. The SMILES string of the molecule is Cc1cccc(CN(C(=O)Cc2c(F)cccc2Cl)[C@@H](C)C(=O)NC(C)C)c1. The highest BCUT2D eigenvalue weighted by Gasteiger charge is 2.27. The molecule has 0 radical (unpaired) electrons. The number of carbonyl (C=O) groups is 2. The number of hydrogen-bond acceptors (Lipinski definition) is 2. The number of benzene rings is 2. The Morgan fingerprint density at radius 3 is 2.43 bits per heavy atom. The smallest absolute Gasteiger partial charge is 0.242 e. The van der Waals surface area contributed by atoms with Gasteiger partial charge in [-0.05, 0) is 45.4 Å². The maximum absolute atomic E-state index is 14.2. The van der Waals surface area contributed by atoms with Crippen LogP contribution in [-0.2, 0) is 22.6 Å². The van der Waals surface area contributed by atoms with Crippen molar-refractivity contribution in [3.8, 4) is 0 Å². The van der Waals surface area contributed by atoms with Crippen LogP contribution < -0.4 is 5.32 Å². The Labute approximate surface area is 170 Å². The van der Waals surface area contributed by atoms with Gasteiger partial charge in [-0.25, -0.2) is 4.39 Å². The van der Waals surface area contributed by atoms with Gasteiger partial charge in [-0.1, -0.05) is 47.5 Å². The van der Waals surface area contributed by atoms with Crippen molar-refractivity contribution in [1.29, 1.82) is 0 Å². The summed E-state index contributed by atoms with van der Waals surface area (Å²) in [5.74, 6) is -1.15. The minimum Gasteiger partial charge on any atom is -0.352 e. The minimum atomic E-state index is -0.707. The van der Waals surface area contributed by atoms with Crippen LogP contribution in [0.2, 0.25) is 5.02 Å². The summed E-state index contributed by atoms with van der Waals surface area (Å²) in [7, 11) is 0. The maximum Gasteiger partial charge on any atom is 0.242 e.